The summed E-state index contributed by atoms with van der Waals surface area (Å²) in [5, 5.41) is 2.78. The average molecular weight is 433 g/mol. The standard InChI is InChI=1S/C21H28N4O4S/c1-4-24(5-2)20-11-9-17(15-22-20)23-21(26)16-8-10-18(29-3)19(14-16)30(27,28)25-12-6-7-13-25/h8-11,14-15H,4-7,12-13H2,1-3H3,(H,23,26). The molecule has 0 radical (unpaired) electrons. The highest BCUT2D eigenvalue weighted by Crippen LogP contribution is 2.30. The van der Waals surface area contributed by atoms with Crippen molar-refractivity contribution in [1.82, 2.24) is 9.29 Å². The summed E-state index contributed by atoms with van der Waals surface area (Å²) in [5.41, 5.74) is 0.775. The molecule has 1 saturated heterocycles. The van der Waals surface area contributed by atoms with Crippen molar-refractivity contribution >= 4 is 27.4 Å². The third-order valence-corrected chi connectivity index (χ3v) is 7.12. The fourth-order valence-electron chi connectivity index (χ4n) is 3.49. The molecular weight excluding hydrogens is 404 g/mol. The lowest BCUT2D eigenvalue weighted by atomic mass is 10.2. The Hall–Kier alpha value is -2.65. The molecular formula is C21H28N4O4S. The minimum absolute atomic E-state index is 0.00885. The summed E-state index contributed by atoms with van der Waals surface area (Å²) in [5.74, 6) is 0.651. The van der Waals surface area contributed by atoms with Crippen LogP contribution in [0.5, 0.6) is 5.75 Å². The number of methoxy groups -OCH3 is 1. The molecule has 0 saturated carbocycles. The van der Waals surface area contributed by atoms with Gasteiger partial charge in [-0.25, -0.2) is 13.4 Å². The molecule has 1 aromatic carbocycles. The molecule has 30 heavy (non-hydrogen) atoms. The van der Waals surface area contributed by atoms with E-state index in [1.807, 2.05) is 6.07 Å². The molecule has 2 heterocycles. The molecule has 8 nitrogen and oxygen atoms in total. The maximum atomic E-state index is 13.0. The van der Waals surface area contributed by atoms with E-state index in [2.05, 4.69) is 29.0 Å². The van der Waals surface area contributed by atoms with E-state index < -0.39 is 15.9 Å². The van der Waals surface area contributed by atoms with Gasteiger partial charge in [0.2, 0.25) is 10.0 Å². The van der Waals surface area contributed by atoms with Crippen molar-refractivity contribution in [3.05, 3.63) is 42.1 Å². The van der Waals surface area contributed by atoms with E-state index >= 15 is 0 Å². The topological polar surface area (TPSA) is 91.8 Å². The number of nitrogens with one attached hydrogen (secondary N) is 1. The number of amides is 1. The highest BCUT2D eigenvalue weighted by molar-refractivity contribution is 7.89. The molecule has 9 heteroatoms. The van der Waals surface area contributed by atoms with Gasteiger partial charge in [0.15, 0.2) is 0 Å². The normalized spacial score (nSPS) is 14.5. The van der Waals surface area contributed by atoms with Gasteiger partial charge >= 0.3 is 0 Å². The highest BCUT2D eigenvalue weighted by Gasteiger charge is 2.30. The largest absolute Gasteiger partial charge is 0.495 e. The van der Waals surface area contributed by atoms with Crippen LogP contribution in [0.25, 0.3) is 0 Å². The van der Waals surface area contributed by atoms with E-state index in [0.717, 1.165) is 31.7 Å². The summed E-state index contributed by atoms with van der Waals surface area (Å²) >= 11 is 0. The van der Waals surface area contributed by atoms with Gasteiger partial charge in [-0.3, -0.25) is 4.79 Å². The molecule has 0 atom stereocenters. The van der Waals surface area contributed by atoms with Crippen molar-refractivity contribution in [2.75, 3.05) is 43.5 Å². The minimum Gasteiger partial charge on any atom is -0.495 e. The molecule has 0 unspecified atom stereocenters. The van der Waals surface area contributed by atoms with Gasteiger partial charge in [0.1, 0.15) is 16.5 Å². The number of carbonyl (C=O) groups excluding carboxylic acids is 1. The summed E-state index contributed by atoms with van der Waals surface area (Å²) in [6.45, 7) is 6.75. The number of carbonyl (C=O) groups is 1. The molecule has 1 fully saturated rings. The number of hydrogen-bond acceptors (Lipinski definition) is 6. The Kier molecular flexibility index (Phi) is 6.94. The molecule has 0 bridgehead atoms. The van der Waals surface area contributed by atoms with Crippen molar-refractivity contribution in [3.63, 3.8) is 0 Å². The van der Waals surface area contributed by atoms with Crippen molar-refractivity contribution in [2.45, 2.75) is 31.6 Å². The number of benzene rings is 1. The predicted octanol–water partition coefficient (Wildman–Crippen LogP) is 2.97. The third-order valence-electron chi connectivity index (χ3n) is 5.20. The number of nitrogens with zero attached hydrogens (tertiary/aromatic N) is 3. The van der Waals surface area contributed by atoms with Gasteiger partial charge < -0.3 is 15.0 Å². The molecule has 0 spiro atoms. The van der Waals surface area contributed by atoms with Crippen LogP contribution in [-0.4, -0.2) is 56.9 Å². The summed E-state index contributed by atoms with van der Waals surface area (Å²) in [6.07, 6.45) is 3.26. The quantitative estimate of drug-likeness (QED) is 0.690. The first-order chi connectivity index (χ1) is 14.4. The first-order valence-electron chi connectivity index (χ1n) is 10.1. The van der Waals surface area contributed by atoms with Crippen LogP contribution in [-0.2, 0) is 10.0 Å². The van der Waals surface area contributed by atoms with E-state index in [1.165, 1.54) is 23.5 Å². The zero-order chi connectivity index (χ0) is 21.7. The summed E-state index contributed by atoms with van der Waals surface area (Å²) < 4.78 is 32.7. The van der Waals surface area contributed by atoms with Crippen LogP contribution in [0.3, 0.4) is 0 Å². The Morgan fingerprint density at radius 3 is 2.43 bits per heavy atom. The van der Waals surface area contributed by atoms with Crippen molar-refractivity contribution in [1.29, 1.82) is 0 Å². The molecule has 1 aliphatic heterocycles. The molecule has 2 aromatic rings. The molecule has 162 valence electrons. The van der Waals surface area contributed by atoms with Crippen LogP contribution in [0.2, 0.25) is 0 Å². The van der Waals surface area contributed by atoms with Gasteiger partial charge in [-0.1, -0.05) is 0 Å². The van der Waals surface area contributed by atoms with Gasteiger partial charge in [0, 0.05) is 31.7 Å². The Labute approximate surface area is 177 Å². The molecule has 0 aliphatic carbocycles. The van der Waals surface area contributed by atoms with Gasteiger partial charge in [0.25, 0.3) is 5.91 Å². The Balaban J connectivity index is 1.83. The lowest BCUT2D eigenvalue weighted by Gasteiger charge is -2.20. The summed E-state index contributed by atoms with van der Waals surface area (Å²) in [7, 11) is -2.30. The molecule has 3 rings (SSSR count). The van der Waals surface area contributed by atoms with Crippen LogP contribution in [0.15, 0.2) is 41.4 Å². The average Bonchev–Trinajstić information content (AvgIpc) is 3.31. The number of rotatable bonds is 8. The Bertz CT molecular complexity index is 983. The number of sulfonamides is 1. The van der Waals surface area contributed by atoms with Crippen LogP contribution < -0.4 is 15.0 Å². The predicted molar refractivity (Wildman–Crippen MR) is 117 cm³/mol. The van der Waals surface area contributed by atoms with Gasteiger partial charge in [0.05, 0.1) is 19.0 Å². The third kappa shape index (κ3) is 4.57. The molecule has 1 aliphatic rings. The van der Waals surface area contributed by atoms with E-state index in [4.69, 9.17) is 4.74 Å². The number of pyridine rings is 1. The second-order valence-electron chi connectivity index (χ2n) is 7.01. The van der Waals surface area contributed by atoms with Crippen molar-refractivity contribution in [3.8, 4) is 5.75 Å². The SMILES string of the molecule is CCN(CC)c1ccc(NC(=O)c2ccc(OC)c(S(=O)(=O)N3CCCC3)c2)cn1. The van der Waals surface area contributed by atoms with E-state index in [9.17, 15) is 13.2 Å². The number of ether oxygens (including phenoxy) is 1. The van der Waals surface area contributed by atoms with Crippen LogP contribution in [0.1, 0.15) is 37.0 Å². The smallest absolute Gasteiger partial charge is 0.255 e. The zero-order valence-electron chi connectivity index (χ0n) is 17.6. The summed E-state index contributed by atoms with van der Waals surface area (Å²) in [6, 6.07) is 8.07. The fraction of sp³-hybridized carbons (Fsp3) is 0.429. The van der Waals surface area contributed by atoms with Gasteiger partial charge in [-0.15, -0.1) is 0 Å². The monoisotopic (exact) mass is 432 g/mol. The molecule has 1 aromatic heterocycles. The number of aromatic nitrogens is 1. The highest BCUT2D eigenvalue weighted by atomic mass is 32.2. The lowest BCUT2D eigenvalue weighted by Crippen LogP contribution is -2.28. The van der Waals surface area contributed by atoms with Crippen molar-refractivity contribution < 1.29 is 17.9 Å². The fourth-order valence-corrected chi connectivity index (χ4v) is 5.18. The second kappa shape index (κ2) is 9.44. The number of hydrogen-bond donors (Lipinski definition) is 1. The second-order valence-corrected chi connectivity index (χ2v) is 8.91. The first-order valence-corrected chi connectivity index (χ1v) is 11.5. The maximum Gasteiger partial charge on any atom is 0.255 e. The zero-order valence-corrected chi connectivity index (χ0v) is 18.4. The van der Waals surface area contributed by atoms with Crippen LogP contribution in [0, 0.1) is 0 Å². The van der Waals surface area contributed by atoms with Crippen LogP contribution >= 0.6 is 0 Å². The minimum atomic E-state index is -3.72. The summed E-state index contributed by atoms with van der Waals surface area (Å²) in [4.78, 5) is 19.2. The number of anilines is 2. The van der Waals surface area contributed by atoms with Gasteiger partial charge in [-0.05, 0) is 57.0 Å². The van der Waals surface area contributed by atoms with Crippen molar-refractivity contribution in [2.24, 2.45) is 0 Å². The molecule has 1 amide bonds. The Morgan fingerprint density at radius 1 is 1.17 bits per heavy atom. The van der Waals surface area contributed by atoms with Gasteiger partial charge in [-0.2, -0.15) is 4.31 Å². The lowest BCUT2D eigenvalue weighted by molar-refractivity contribution is 0.102. The van der Waals surface area contributed by atoms with Crippen LogP contribution in [0.4, 0.5) is 11.5 Å². The van der Waals surface area contributed by atoms with E-state index in [0.29, 0.717) is 18.8 Å². The first kappa shape index (κ1) is 22.0. The van der Waals surface area contributed by atoms with E-state index in [-0.39, 0.29) is 16.2 Å². The Morgan fingerprint density at radius 2 is 1.87 bits per heavy atom. The molecule has 1 N–H and O–H groups in total. The maximum absolute atomic E-state index is 13.0. The van der Waals surface area contributed by atoms with E-state index in [1.54, 1.807) is 18.3 Å².